The molecule has 0 atom stereocenters. The summed E-state index contributed by atoms with van der Waals surface area (Å²) in [7, 11) is 2.48. The van der Waals surface area contributed by atoms with Crippen molar-refractivity contribution in [3.8, 4) is 0 Å². The maximum atomic E-state index is 12.0. The van der Waals surface area contributed by atoms with Crippen LogP contribution in [-0.4, -0.2) is 26.2 Å². The molecule has 0 heterocycles. The molecule has 0 radical (unpaired) electrons. The van der Waals surface area contributed by atoms with Crippen LogP contribution in [0.4, 0.5) is 0 Å². The molecule has 0 aliphatic carbocycles. The lowest BCUT2D eigenvalue weighted by atomic mass is 9.84. The van der Waals surface area contributed by atoms with Crippen molar-refractivity contribution in [2.24, 2.45) is 5.41 Å². The van der Waals surface area contributed by atoms with Gasteiger partial charge in [0.2, 0.25) is 0 Å². The van der Waals surface area contributed by atoms with E-state index < -0.39 is 17.4 Å². The van der Waals surface area contributed by atoms with E-state index in [-0.39, 0.29) is 6.42 Å². The Bertz CT molecular complexity index is 518. The van der Waals surface area contributed by atoms with Gasteiger partial charge in [-0.3, -0.25) is 9.59 Å². The number of carbonyl (C=O) groups excluding carboxylic acids is 2. The summed E-state index contributed by atoms with van der Waals surface area (Å²) in [6.07, 6.45) is 5.15. The van der Waals surface area contributed by atoms with Crippen LogP contribution in [0.1, 0.15) is 12.0 Å². The van der Waals surface area contributed by atoms with E-state index in [1.54, 1.807) is 6.08 Å². The van der Waals surface area contributed by atoms with E-state index in [1.807, 2.05) is 36.4 Å². The topological polar surface area (TPSA) is 52.6 Å². The van der Waals surface area contributed by atoms with Crippen molar-refractivity contribution >= 4 is 33.9 Å². The molecule has 0 unspecified atom stereocenters. The molecule has 21 heavy (non-hydrogen) atoms. The predicted octanol–water partition coefficient (Wildman–Crippen LogP) is 3.33. The molecule has 0 amide bonds. The third-order valence-corrected chi connectivity index (χ3v) is 3.26. The summed E-state index contributed by atoms with van der Waals surface area (Å²) < 4.78 is 9.50. The number of ether oxygens (including phenoxy) is 2. The fourth-order valence-electron chi connectivity index (χ4n) is 1.87. The highest BCUT2D eigenvalue weighted by Crippen LogP contribution is 2.29. The van der Waals surface area contributed by atoms with Gasteiger partial charge in [-0.05, 0) is 23.0 Å². The van der Waals surface area contributed by atoms with Gasteiger partial charge in [-0.2, -0.15) is 0 Å². The fraction of sp³-hybridized carbons (Fsp3) is 0.250. The maximum Gasteiger partial charge on any atom is 0.327 e. The summed E-state index contributed by atoms with van der Waals surface area (Å²) >= 11 is 3.10. The van der Waals surface area contributed by atoms with Gasteiger partial charge in [0.05, 0.1) is 14.2 Å². The molecule has 0 fully saturated rings. The van der Waals surface area contributed by atoms with Crippen molar-refractivity contribution in [1.82, 2.24) is 0 Å². The summed E-state index contributed by atoms with van der Waals surface area (Å²) in [5.74, 6) is -1.33. The SMILES string of the molecule is COC(=O)C(/C=C/Br)(C/C=C/c1ccccc1)C(=O)OC. The second-order valence-corrected chi connectivity index (χ2v) is 4.79. The number of hydrogen-bond acceptors (Lipinski definition) is 4. The number of hydrogen-bond donors (Lipinski definition) is 0. The molecule has 112 valence electrons. The number of esters is 2. The predicted molar refractivity (Wildman–Crippen MR) is 84.6 cm³/mol. The lowest BCUT2D eigenvalue weighted by Crippen LogP contribution is -2.39. The molecule has 0 N–H and O–H groups in total. The molecule has 1 aromatic rings. The third kappa shape index (κ3) is 4.29. The number of allylic oxidation sites excluding steroid dienone is 1. The first-order valence-corrected chi connectivity index (χ1v) is 7.18. The van der Waals surface area contributed by atoms with Crippen LogP contribution in [-0.2, 0) is 19.1 Å². The first-order valence-electron chi connectivity index (χ1n) is 6.27. The van der Waals surface area contributed by atoms with Crippen LogP contribution in [0.15, 0.2) is 47.5 Å². The van der Waals surface area contributed by atoms with Gasteiger partial charge < -0.3 is 9.47 Å². The van der Waals surface area contributed by atoms with E-state index >= 15 is 0 Å². The van der Waals surface area contributed by atoms with Gasteiger partial charge in [-0.1, -0.05) is 58.4 Å². The van der Waals surface area contributed by atoms with E-state index in [0.29, 0.717) is 0 Å². The van der Waals surface area contributed by atoms with Gasteiger partial charge in [-0.25, -0.2) is 0 Å². The van der Waals surface area contributed by atoms with Crippen molar-refractivity contribution in [1.29, 1.82) is 0 Å². The summed E-state index contributed by atoms with van der Waals surface area (Å²) in [4.78, 5) is 25.5. The molecule has 0 aliphatic heterocycles. The molecule has 1 aromatic carbocycles. The normalized spacial score (nSPS) is 11.8. The zero-order valence-electron chi connectivity index (χ0n) is 11.9. The first kappa shape index (κ1) is 17.2. The lowest BCUT2D eigenvalue weighted by Gasteiger charge is -2.23. The van der Waals surface area contributed by atoms with Crippen molar-refractivity contribution in [2.75, 3.05) is 14.2 Å². The summed E-state index contributed by atoms with van der Waals surface area (Å²) in [5, 5.41) is 0. The van der Waals surface area contributed by atoms with Gasteiger partial charge in [-0.15, -0.1) is 0 Å². The fourth-order valence-corrected chi connectivity index (χ4v) is 2.32. The number of carbonyl (C=O) groups is 2. The van der Waals surface area contributed by atoms with E-state index in [9.17, 15) is 9.59 Å². The van der Waals surface area contributed by atoms with Gasteiger partial charge in [0.1, 0.15) is 0 Å². The monoisotopic (exact) mass is 352 g/mol. The van der Waals surface area contributed by atoms with Gasteiger partial charge in [0, 0.05) is 0 Å². The van der Waals surface area contributed by atoms with Crippen LogP contribution in [0.25, 0.3) is 6.08 Å². The number of halogens is 1. The Labute approximate surface area is 132 Å². The highest BCUT2D eigenvalue weighted by atomic mass is 79.9. The van der Waals surface area contributed by atoms with Gasteiger partial charge in [0.15, 0.2) is 5.41 Å². The Kier molecular flexibility index (Phi) is 6.88. The van der Waals surface area contributed by atoms with Crippen molar-refractivity contribution in [3.63, 3.8) is 0 Å². The minimum atomic E-state index is -1.49. The second kappa shape index (κ2) is 8.42. The maximum absolute atomic E-state index is 12.0. The molecule has 1 rings (SSSR count). The Morgan fingerprint density at radius 3 is 2.19 bits per heavy atom. The molecular weight excluding hydrogens is 336 g/mol. The average molecular weight is 353 g/mol. The van der Waals surface area contributed by atoms with Gasteiger partial charge >= 0.3 is 11.9 Å². The Hall–Kier alpha value is -1.88. The molecule has 0 aliphatic rings. The Morgan fingerprint density at radius 2 is 1.71 bits per heavy atom. The molecule has 0 bridgehead atoms. The van der Waals surface area contributed by atoms with Crippen molar-refractivity contribution in [3.05, 3.63) is 53.0 Å². The minimum absolute atomic E-state index is 0.142. The summed E-state index contributed by atoms with van der Waals surface area (Å²) in [6, 6.07) is 9.58. The molecule has 4 nitrogen and oxygen atoms in total. The molecular formula is C16H17BrO4. The second-order valence-electron chi connectivity index (χ2n) is 4.26. The quantitative estimate of drug-likeness (QED) is 0.582. The molecule has 5 heteroatoms. The van der Waals surface area contributed by atoms with Crippen LogP contribution in [0.3, 0.4) is 0 Å². The van der Waals surface area contributed by atoms with E-state index in [4.69, 9.17) is 9.47 Å². The number of rotatable bonds is 6. The van der Waals surface area contributed by atoms with Crippen LogP contribution in [0.2, 0.25) is 0 Å². The largest absolute Gasteiger partial charge is 0.468 e. The smallest absolute Gasteiger partial charge is 0.327 e. The van der Waals surface area contributed by atoms with E-state index in [2.05, 4.69) is 15.9 Å². The first-order chi connectivity index (χ1) is 10.1. The number of benzene rings is 1. The Balaban J connectivity index is 3.04. The highest BCUT2D eigenvalue weighted by Gasteiger charge is 2.45. The summed E-state index contributed by atoms with van der Waals surface area (Å²) in [6.45, 7) is 0. The zero-order valence-corrected chi connectivity index (χ0v) is 13.5. The minimum Gasteiger partial charge on any atom is -0.468 e. The van der Waals surface area contributed by atoms with Crippen molar-refractivity contribution in [2.45, 2.75) is 6.42 Å². The summed E-state index contributed by atoms with van der Waals surface area (Å²) in [5.41, 5.74) is -0.512. The van der Waals surface area contributed by atoms with Crippen LogP contribution in [0.5, 0.6) is 0 Å². The molecule has 0 saturated heterocycles. The van der Waals surface area contributed by atoms with E-state index in [0.717, 1.165) is 5.56 Å². The lowest BCUT2D eigenvalue weighted by molar-refractivity contribution is -0.164. The number of methoxy groups -OCH3 is 2. The van der Waals surface area contributed by atoms with Crippen LogP contribution >= 0.6 is 15.9 Å². The van der Waals surface area contributed by atoms with Crippen LogP contribution < -0.4 is 0 Å². The van der Waals surface area contributed by atoms with E-state index in [1.165, 1.54) is 25.3 Å². The van der Waals surface area contributed by atoms with Gasteiger partial charge in [0.25, 0.3) is 0 Å². The molecule has 0 saturated carbocycles. The Morgan fingerprint density at radius 1 is 1.14 bits per heavy atom. The van der Waals surface area contributed by atoms with Crippen LogP contribution in [0, 0.1) is 5.41 Å². The average Bonchev–Trinajstić information content (AvgIpc) is 2.53. The molecule has 0 aromatic heterocycles. The standard InChI is InChI=1S/C16H17BrO4/c1-20-14(18)16(11-12-17,15(19)21-2)10-6-9-13-7-4-3-5-8-13/h3-9,11-12H,10H2,1-2H3/b9-6+,12-11+. The highest BCUT2D eigenvalue weighted by molar-refractivity contribution is 9.11. The van der Waals surface area contributed by atoms with Crippen molar-refractivity contribution < 1.29 is 19.1 Å². The molecule has 0 spiro atoms. The third-order valence-electron chi connectivity index (χ3n) is 3.00. The zero-order chi connectivity index (χ0) is 15.7.